The molecule has 1 aliphatic carbocycles. The molecule has 3 rings (SSSR count). The first-order valence-corrected chi connectivity index (χ1v) is 9.00. The van der Waals surface area contributed by atoms with Crippen molar-refractivity contribution in [2.24, 2.45) is 0 Å². The molecule has 1 aromatic carbocycles. The average molecular weight is 340 g/mol. The molecule has 2 aliphatic rings. The Morgan fingerprint density at radius 1 is 1.37 bits per heavy atom. The summed E-state index contributed by atoms with van der Waals surface area (Å²) in [4.78, 5) is 16.2. The van der Waals surface area contributed by atoms with Crippen molar-refractivity contribution in [3.05, 3.63) is 29.8 Å². The number of fused-ring (bicyclic) bond motifs is 1. The van der Waals surface area contributed by atoms with Crippen LogP contribution in [0.3, 0.4) is 0 Å². The summed E-state index contributed by atoms with van der Waals surface area (Å²) in [5.41, 5.74) is 1.23. The van der Waals surface area contributed by atoms with Gasteiger partial charge in [-0.25, -0.2) is 0 Å². The number of alkyl halides is 1. The SMILES string of the molecule is O=C(C1CSc2ccccc21)N(CCBr)C1CCC1. The van der Waals surface area contributed by atoms with Gasteiger partial charge in [-0.1, -0.05) is 34.1 Å². The van der Waals surface area contributed by atoms with E-state index in [1.165, 1.54) is 29.7 Å². The van der Waals surface area contributed by atoms with Crippen LogP contribution in [0.1, 0.15) is 30.7 Å². The highest BCUT2D eigenvalue weighted by Crippen LogP contribution is 2.41. The third kappa shape index (κ3) is 2.57. The van der Waals surface area contributed by atoms with E-state index in [-0.39, 0.29) is 5.92 Å². The molecular weight excluding hydrogens is 322 g/mol. The van der Waals surface area contributed by atoms with Crippen LogP contribution in [0.15, 0.2) is 29.2 Å². The van der Waals surface area contributed by atoms with Crippen molar-refractivity contribution in [2.75, 3.05) is 17.6 Å². The van der Waals surface area contributed by atoms with E-state index in [0.717, 1.165) is 17.6 Å². The maximum Gasteiger partial charge on any atom is 0.231 e. The zero-order chi connectivity index (χ0) is 13.2. The molecule has 4 heteroatoms. The normalized spacial score (nSPS) is 21.8. The molecule has 1 aliphatic heterocycles. The van der Waals surface area contributed by atoms with Crippen LogP contribution in [0.5, 0.6) is 0 Å². The lowest BCUT2D eigenvalue weighted by molar-refractivity contribution is -0.136. The van der Waals surface area contributed by atoms with Gasteiger partial charge in [0.15, 0.2) is 0 Å². The molecule has 1 unspecified atom stereocenters. The van der Waals surface area contributed by atoms with Crippen LogP contribution in [-0.4, -0.2) is 34.5 Å². The molecule has 0 saturated heterocycles. The van der Waals surface area contributed by atoms with Gasteiger partial charge in [-0.2, -0.15) is 0 Å². The van der Waals surface area contributed by atoms with Gasteiger partial charge in [0.1, 0.15) is 0 Å². The quantitative estimate of drug-likeness (QED) is 0.780. The van der Waals surface area contributed by atoms with E-state index in [0.29, 0.717) is 11.9 Å². The molecule has 1 heterocycles. The molecule has 0 radical (unpaired) electrons. The van der Waals surface area contributed by atoms with E-state index < -0.39 is 0 Å². The predicted octanol–water partition coefficient (Wildman–Crippen LogP) is 3.65. The lowest BCUT2D eigenvalue weighted by Crippen LogP contribution is -2.47. The maximum atomic E-state index is 12.8. The van der Waals surface area contributed by atoms with Crippen molar-refractivity contribution in [1.29, 1.82) is 0 Å². The molecule has 0 spiro atoms. The van der Waals surface area contributed by atoms with Crippen LogP contribution in [0, 0.1) is 0 Å². The highest BCUT2D eigenvalue weighted by molar-refractivity contribution is 9.09. The second-order valence-corrected chi connectivity index (χ2v) is 7.06. The highest BCUT2D eigenvalue weighted by atomic mass is 79.9. The number of thioether (sulfide) groups is 1. The zero-order valence-corrected chi connectivity index (χ0v) is 13.3. The minimum absolute atomic E-state index is 0.0702. The average Bonchev–Trinajstić information content (AvgIpc) is 2.79. The Hall–Kier alpha value is -0.480. The van der Waals surface area contributed by atoms with Crippen LogP contribution in [0.25, 0.3) is 0 Å². The Bertz CT molecular complexity index is 475. The highest BCUT2D eigenvalue weighted by Gasteiger charge is 2.36. The van der Waals surface area contributed by atoms with Crippen molar-refractivity contribution in [3.8, 4) is 0 Å². The summed E-state index contributed by atoms with van der Waals surface area (Å²) >= 11 is 5.30. The van der Waals surface area contributed by atoms with Crippen molar-refractivity contribution in [3.63, 3.8) is 0 Å². The molecule has 0 aromatic heterocycles. The topological polar surface area (TPSA) is 20.3 Å². The second kappa shape index (κ2) is 5.88. The van der Waals surface area contributed by atoms with Gasteiger partial charge in [0.25, 0.3) is 0 Å². The summed E-state index contributed by atoms with van der Waals surface area (Å²) in [5.74, 6) is 1.31. The number of carbonyl (C=O) groups is 1. The Balaban J connectivity index is 1.79. The Kier molecular flexibility index (Phi) is 4.18. The molecule has 1 amide bonds. The lowest BCUT2D eigenvalue weighted by Gasteiger charge is -2.38. The Morgan fingerprint density at radius 2 is 2.16 bits per heavy atom. The fourth-order valence-electron chi connectivity index (χ4n) is 2.83. The van der Waals surface area contributed by atoms with E-state index in [1.54, 1.807) is 0 Å². The van der Waals surface area contributed by atoms with E-state index in [1.807, 2.05) is 17.8 Å². The maximum absolute atomic E-state index is 12.8. The standard InChI is InChI=1S/C15H18BrNOS/c16-8-9-17(11-4-3-5-11)15(18)13-10-19-14-7-2-1-6-12(13)14/h1-2,6-7,11,13H,3-5,8-10H2. The fourth-order valence-corrected chi connectivity index (χ4v) is 4.43. The van der Waals surface area contributed by atoms with Gasteiger partial charge < -0.3 is 4.90 Å². The molecule has 0 N–H and O–H groups in total. The van der Waals surface area contributed by atoms with Gasteiger partial charge in [-0.3, -0.25) is 4.79 Å². The summed E-state index contributed by atoms with van der Waals surface area (Å²) in [6.45, 7) is 0.840. The van der Waals surface area contributed by atoms with Gasteiger partial charge in [0, 0.05) is 28.6 Å². The van der Waals surface area contributed by atoms with E-state index in [2.05, 4.69) is 39.0 Å². The van der Waals surface area contributed by atoms with Gasteiger partial charge in [0.05, 0.1) is 5.92 Å². The van der Waals surface area contributed by atoms with Gasteiger partial charge in [-0.15, -0.1) is 11.8 Å². The number of halogens is 1. The number of benzene rings is 1. The molecule has 19 heavy (non-hydrogen) atoms. The van der Waals surface area contributed by atoms with E-state index in [4.69, 9.17) is 0 Å². The van der Waals surface area contributed by atoms with Crippen LogP contribution >= 0.6 is 27.7 Å². The largest absolute Gasteiger partial charge is 0.338 e. The number of amides is 1. The number of hydrogen-bond acceptors (Lipinski definition) is 2. The summed E-state index contributed by atoms with van der Waals surface area (Å²) in [6, 6.07) is 8.84. The molecule has 1 fully saturated rings. The number of rotatable bonds is 4. The van der Waals surface area contributed by atoms with Crippen molar-refractivity contribution >= 4 is 33.6 Å². The van der Waals surface area contributed by atoms with Gasteiger partial charge in [-0.05, 0) is 30.9 Å². The Morgan fingerprint density at radius 3 is 2.84 bits per heavy atom. The molecule has 1 atom stereocenters. The predicted molar refractivity (Wildman–Crippen MR) is 83.1 cm³/mol. The monoisotopic (exact) mass is 339 g/mol. The van der Waals surface area contributed by atoms with E-state index in [9.17, 15) is 4.79 Å². The third-order valence-electron chi connectivity index (χ3n) is 4.12. The summed E-state index contributed by atoms with van der Waals surface area (Å²) < 4.78 is 0. The minimum Gasteiger partial charge on any atom is -0.338 e. The first kappa shape index (κ1) is 13.5. The van der Waals surface area contributed by atoms with Crippen molar-refractivity contribution in [2.45, 2.75) is 36.1 Å². The summed E-state index contributed by atoms with van der Waals surface area (Å²) in [5, 5.41) is 0.872. The smallest absolute Gasteiger partial charge is 0.231 e. The minimum atomic E-state index is 0.0702. The van der Waals surface area contributed by atoms with E-state index >= 15 is 0 Å². The lowest BCUT2D eigenvalue weighted by atomic mass is 9.89. The number of carbonyl (C=O) groups excluding carboxylic acids is 1. The fraction of sp³-hybridized carbons (Fsp3) is 0.533. The number of hydrogen-bond donors (Lipinski definition) is 0. The van der Waals surface area contributed by atoms with Gasteiger partial charge >= 0.3 is 0 Å². The van der Waals surface area contributed by atoms with Crippen LogP contribution in [-0.2, 0) is 4.79 Å². The van der Waals surface area contributed by atoms with Crippen molar-refractivity contribution < 1.29 is 4.79 Å². The van der Waals surface area contributed by atoms with Crippen LogP contribution in [0.4, 0.5) is 0 Å². The zero-order valence-electron chi connectivity index (χ0n) is 10.8. The first-order valence-electron chi connectivity index (χ1n) is 6.89. The molecule has 1 saturated carbocycles. The summed E-state index contributed by atoms with van der Waals surface area (Å²) in [7, 11) is 0. The van der Waals surface area contributed by atoms with Crippen LogP contribution < -0.4 is 0 Å². The molecule has 1 aromatic rings. The molecule has 0 bridgehead atoms. The van der Waals surface area contributed by atoms with Crippen molar-refractivity contribution in [1.82, 2.24) is 4.90 Å². The summed E-state index contributed by atoms with van der Waals surface area (Å²) in [6.07, 6.45) is 3.63. The number of nitrogens with zero attached hydrogens (tertiary/aromatic N) is 1. The first-order chi connectivity index (χ1) is 9.31. The molecular formula is C15H18BrNOS. The van der Waals surface area contributed by atoms with Gasteiger partial charge in [0.2, 0.25) is 5.91 Å². The Labute approximate surface area is 127 Å². The third-order valence-corrected chi connectivity index (χ3v) is 5.66. The molecule has 102 valence electrons. The van der Waals surface area contributed by atoms with Crippen LogP contribution in [0.2, 0.25) is 0 Å². The molecule has 2 nitrogen and oxygen atoms in total. The second-order valence-electron chi connectivity index (χ2n) is 5.21.